The Hall–Kier alpha value is -2.04. The Morgan fingerprint density at radius 3 is 2.82 bits per heavy atom. The quantitative estimate of drug-likeness (QED) is 0.682. The van der Waals surface area contributed by atoms with E-state index in [-0.39, 0.29) is 11.9 Å². The molecule has 2 aliphatic carbocycles. The highest BCUT2D eigenvalue weighted by Crippen LogP contribution is 2.48. The van der Waals surface area contributed by atoms with Crippen LogP contribution in [0.5, 0.6) is 5.75 Å². The lowest BCUT2D eigenvalue weighted by Crippen LogP contribution is -2.25. The first-order chi connectivity index (χ1) is 10.7. The second-order valence-corrected chi connectivity index (χ2v) is 6.08. The molecule has 1 amide bonds. The number of carbonyl (C=O) groups excluding carboxylic acids is 2. The molecule has 5 heteroatoms. The number of hydrogen-bond donors (Lipinski definition) is 1. The summed E-state index contributed by atoms with van der Waals surface area (Å²) in [6.45, 7) is 2.05. The SMILES string of the molecule is CCOC(=O)Nc1cccc(OC(=O)C2CC3CCC2C3)c1. The van der Waals surface area contributed by atoms with E-state index in [1.165, 1.54) is 12.8 Å². The van der Waals surface area contributed by atoms with Crippen LogP contribution in [0.4, 0.5) is 10.5 Å². The molecular formula is C17H21NO4. The van der Waals surface area contributed by atoms with Crippen LogP contribution in [-0.2, 0) is 9.53 Å². The van der Waals surface area contributed by atoms with Gasteiger partial charge in [0.15, 0.2) is 0 Å². The summed E-state index contributed by atoms with van der Waals surface area (Å²) in [6.07, 6.45) is 4.02. The lowest BCUT2D eigenvalue weighted by molar-refractivity contribution is -0.140. The van der Waals surface area contributed by atoms with Crippen molar-refractivity contribution >= 4 is 17.7 Å². The molecule has 2 saturated carbocycles. The highest BCUT2D eigenvalue weighted by molar-refractivity contribution is 5.85. The first-order valence-corrected chi connectivity index (χ1v) is 7.91. The number of fused-ring (bicyclic) bond motifs is 2. The highest BCUT2D eigenvalue weighted by atomic mass is 16.5. The number of rotatable bonds is 4. The van der Waals surface area contributed by atoms with Gasteiger partial charge in [-0.2, -0.15) is 0 Å². The van der Waals surface area contributed by atoms with Gasteiger partial charge in [0.1, 0.15) is 5.75 Å². The topological polar surface area (TPSA) is 64.6 Å². The first kappa shape index (κ1) is 14.9. The van der Waals surface area contributed by atoms with E-state index in [2.05, 4.69) is 5.32 Å². The van der Waals surface area contributed by atoms with Gasteiger partial charge in [0.2, 0.25) is 0 Å². The summed E-state index contributed by atoms with van der Waals surface area (Å²) >= 11 is 0. The molecule has 2 aliphatic rings. The largest absolute Gasteiger partial charge is 0.450 e. The summed E-state index contributed by atoms with van der Waals surface area (Å²) < 4.78 is 10.3. The third-order valence-corrected chi connectivity index (χ3v) is 4.62. The van der Waals surface area contributed by atoms with Gasteiger partial charge in [-0.1, -0.05) is 12.5 Å². The number of carbonyl (C=O) groups is 2. The fraction of sp³-hybridized carbons (Fsp3) is 0.529. The van der Waals surface area contributed by atoms with Crippen LogP contribution < -0.4 is 10.1 Å². The second kappa shape index (κ2) is 6.38. The molecule has 0 saturated heterocycles. The van der Waals surface area contributed by atoms with Crippen LogP contribution >= 0.6 is 0 Å². The van der Waals surface area contributed by atoms with E-state index in [0.717, 1.165) is 12.8 Å². The average Bonchev–Trinajstić information content (AvgIpc) is 3.10. The van der Waals surface area contributed by atoms with Gasteiger partial charge in [-0.05, 0) is 50.2 Å². The molecule has 1 N–H and O–H groups in total. The number of ether oxygens (including phenoxy) is 2. The van der Waals surface area contributed by atoms with Crippen LogP contribution in [0.3, 0.4) is 0 Å². The predicted molar refractivity (Wildman–Crippen MR) is 81.7 cm³/mol. The molecule has 0 aliphatic heterocycles. The van der Waals surface area contributed by atoms with E-state index in [4.69, 9.17) is 9.47 Å². The lowest BCUT2D eigenvalue weighted by Gasteiger charge is -2.19. The van der Waals surface area contributed by atoms with Crippen molar-refractivity contribution < 1.29 is 19.1 Å². The average molecular weight is 303 g/mol. The Bertz CT molecular complexity index is 572. The maximum atomic E-state index is 12.3. The molecule has 0 radical (unpaired) electrons. The summed E-state index contributed by atoms with van der Waals surface area (Å²) in [5, 5.41) is 2.60. The van der Waals surface area contributed by atoms with Gasteiger partial charge < -0.3 is 9.47 Å². The van der Waals surface area contributed by atoms with Gasteiger partial charge in [0.05, 0.1) is 12.5 Å². The van der Waals surface area contributed by atoms with E-state index in [1.807, 2.05) is 0 Å². The Labute approximate surface area is 130 Å². The molecule has 5 nitrogen and oxygen atoms in total. The molecule has 2 bridgehead atoms. The molecule has 3 unspecified atom stereocenters. The van der Waals surface area contributed by atoms with Crippen molar-refractivity contribution in [1.82, 2.24) is 0 Å². The minimum atomic E-state index is -0.515. The molecule has 0 spiro atoms. The zero-order valence-corrected chi connectivity index (χ0v) is 12.7. The smallest absolute Gasteiger partial charge is 0.411 e. The zero-order valence-electron chi connectivity index (χ0n) is 12.7. The van der Waals surface area contributed by atoms with Gasteiger partial charge >= 0.3 is 12.1 Å². The second-order valence-electron chi connectivity index (χ2n) is 6.08. The molecular weight excluding hydrogens is 282 g/mol. The number of nitrogens with one attached hydrogen (secondary N) is 1. The predicted octanol–water partition coefficient (Wildman–Crippen LogP) is 3.60. The van der Waals surface area contributed by atoms with Crippen molar-refractivity contribution in [2.45, 2.75) is 32.6 Å². The molecule has 3 rings (SSSR count). The highest BCUT2D eigenvalue weighted by Gasteiger charge is 2.44. The maximum Gasteiger partial charge on any atom is 0.411 e. The van der Waals surface area contributed by atoms with Crippen LogP contribution in [0.25, 0.3) is 0 Å². The van der Waals surface area contributed by atoms with Gasteiger partial charge in [-0.15, -0.1) is 0 Å². The molecule has 118 valence electrons. The third-order valence-electron chi connectivity index (χ3n) is 4.62. The van der Waals surface area contributed by atoms with Crippen molar-refractivity contribution in [3.05, 3.63) is 24.3 Å². The van der Waals surface area contributed by atoms with Crippen LogP contribution in [0, 0.1) is 17.8 Å². The van der Waals surface area contributed by atoms with Gasteiger partial charge in [-0.3, -0.25) is 10.1 Å². The Kier molecular flexibility index (Phi) is 4.32. The van der Waals surface area contributed by atoms with Crippen LogP contribution in [0.1, 0.15) is 32.6 Å². The summed E-state index contributed by atoms with van der Waals surface area (Å²) in [4.78, 5) is 23.7. The van der Waals surface area contributed by atoms with Gasteiger partial charge in [-0.25, -0.2) is 4.79 Å². The summed E-state index contributed by atoms with van der Waals surface area (Å²) in [5.74, 6) is 1.57. The Morgan fingerprint density at radius 2 is 2.14 bits per heavy atom. The van der Waals surface area contributed by atoms with E-state index in [1.54, 1.807) is 31.2 Å². The number of esters is 1. The Morgan fingerprint density at radius 1 is 1.27 bits per heavy atom. The molecule has 3 atom stereocenters. The molecule has 1 aromatic rings. The standard InChI is InChI=1S/C17H21NO4/c1-2-21-17(20)18-13-4-3-5-14(10-13)22-16(19)15-9-11-6-7-12(15)8-11/h3-5,10-12,15H,2,6-9H2,1H3,(H,18,20). The zero-order chi connectivity index (χ0) is 15.5. The summed E-state index contributed by atoms with van der Waals surface area (Å²) in [6, 6.07) is 6.83. The van der Waals surface area contributed by atoms with Crippen LogP contribution in [-0.4, -0.2) is 18.7 Å². The van der Waals surface area contributed by atoms with Crippen molar-refractivity contribution in [2.24, 2.45) is 17.8 Å². The molecule has 2 fully saturated rings. The van der Waals surface area contributed by atoms with Gasteiger partial charge in [0, 0.05) is 11.8 Å². The number of benzene rings is 1. The number of anilines is 1. The van der Waals surface area contributed by atoms with Gasteiger partial charge in [0.25, 0.3) is 0 Å². The normalized spacial score (nSPS) is 25.8. The lowest BCUT2D eigenvalue weighted by atomic mass is 9.89. The number of hydrogen-bond acceptors (Lipinski definition) is 4. The summed E-state index contributed by atoms with van der Waals surface area (Å²) in [5.41, 5.74) is 0.552. The van der Waals surface area contributed by atoms with Crippen LogP contribution in [0.15, 0.2) is 24.3 Å². The molecule has 1 aromatic carbocycles. The summed E-state index contributed by atoms with van der Waals surface area (Å²) in [7, 11) is 0. The van der Waals surface area contributed by atoms with E-state index >= 15 is 0 Å². The van der Waals surface area contributed by atoms with E-state index in [0.29, 0.717) is 29.9 Å². The fourth-order valence-corrected chi connectivity index (χ4v) is 3.65. The van der Waals surface area contributed by atoms with Crippen molar-refractivity contribution in [2.75, 3.05) is 11.9 Å². The fourth-order valence-electron chi connectivity index (χ4n) is 3.65. The van der Waals surface area contributed by atoms with E-state index < -0.39 is 6.09 Å². The maximum absolute atomic E-state index is 12.3. The molecule has 0 aromatic heterocycles. The minimum Gasteiger partial charge on any atom is -0.450 e. The van der Waals surface area contributed by atoms with Crippen molar-refractivity contribution in [1.29, 1.82) is 0 Å². The van der Waals surface area contributed by atoms with Crippen molar-refractivity contribution in [3.63, 3.8) is 0 Å². The third kappa shape index (κ3) is 3.24. The molecule has 22 heavy (non-hydrogen) atoms. The van der Waals surface area contributed by atoms with E-state index in [9.17, 15) is 9.59 Å². The monoisotopic (exact) mass is 303 g/mol. The first-order valence-electron chi connectivity index (χ1n) is 7.91. The number of amides is 1. The Balaban J connectivity index is 1.60. The van der Waals surface area contributed by atoms with Crippen LogP contribution in [0.2, 0.25) is 0 Å². The minimum absolute atomic E-state index is 0.0421. The molecule has 0 heterocycles. The van der Waals surface area contributed by atoms with Crippen molar-refractivity contribution in [3.8, 4) is 5.75 Å².